The van der Waals surface area contributed by atoms with Crippen molar-refractivity contribution in [3.63, 3.8) is 0 Å². The number of anilines is 2. The predicted octanol–water partition coefficient (Wildman–Crippen LogP) is 1.70. The molecule has 7 heteroatoms. The van der Waals surface area contributed by atoms with E-state index in [1.54, 1.807) is 24.3 Å². The summed E-state index contributed by atoms with van der Waals surface area (Å²) in [6, 6.07) is 17.0. The molecule has 0 aliphatic carbocycles. The number of piperazine rings is 1. The van der Waals surface area contributed by atoms with Gasteiger partial charge in [0.15, 0.2) is 0 Å². The van der Waals surface area contributed by atoms with Gasteiger partial charge in [-0.3, -0.25) is 19.4 Å². The number of para-hydroxylation sites is 1. The first kappa shape index (κ1) is 20.1. The lowest BCUT2D eigenvalue weighted by molar-refractivity contribution is -0.121. The summed E-state index contributed by atoms with van der Waals surface area (Å²) < 4.78 is 0. The van der Waals surface area contributed by atoms with Gasteiger partial charge in [-0.05, 0) is 42.3 Å². The molecule has 4 rings (SSSR count). The molecule has 2 amide bonds. The summed E-state index contributed by atoms with van der Waals surface area (Å²) in [5.41, 5.74) is 3.54. The van der Waals surface area contributed by atoms with Crippen molar-refractivity contribution >= 4 is 23.2 Å². The van der Waals surface area contributed by atoms with Gasteiger partial charge >= 0.3 is 0 Å². The van der Waals surface area contributed by atoms with Crippen LogP contribution < -0.4 is 10.2 Å². The first-order valence-corrected chi connectivity index (χ1v) is 10.3. The van der Waals surface area contributed by atoms with E-state index in [1.165, 1.54) is 5.56 Å². The third kappa shape index (κ3) is 4.67. The van der Waals surface area contributed by atoms with Gasteiger partial charge in [0, 0.05) is 44.1 Å². The Morgan fingerprint density at radius 1 is 0.900 bits per heavy atom. The molecular formula is C23H25N5O2. The maximum Gasteiger partial charge on any atom is 0.241 e. The van der Waals surface area contributed by atoms with Gasteiger partial charge in [0.2, 0.25) is 11.8 Å². The number of carbonyl (C=O) groups is 2. The highest BCUT2D eigenvalue weighted by Gasteiger charge is 2.27. The van der Waals surface area contributed by atoms with Gasteiger partial charge in [0.1, 0.15) is 0 Å². The second-order valence-corrected chi connectivity index (χ2v) is 7.71. The lowest BCUT2D eigenvalue weighted by atomic mass is 10.2. The number of hydrogen-bond acceptors (Lipinski definition) is 5. The molecule has 2 aromatic carbocycles. The summed E-state index contributed by atoms with van der Waals surface area (Å²) in [4.78, 5) is 31.2. The smallest absolute Gasteiger partial charge is 0.241 e. The lowest BCUT2D eigenvalue weighted by Crippen LogP contribution is -2.51. The molecule has 0 atom stereocenters. The van der Waals surface area contributed by atoms with Gasteiger partial charge in [0.25, 0.3) is 0 Å². The van der Waals surface area contributed by atoms with Crippen LogP contribution in [0.3, 0.4) is 0 Å². The maximum atomic E-state index is 12.8. The van der Waals surface area contributed by atoms with Crippen LogP contribution in [0, 0.1) is 11.3 Å². The zero-order valence-corrected chi connectivity index (χ0v) is 16.9. The summed E-state index contributed by atoms with van der Waals surface area (Å²) in [6.07, 6.45) is 0.921. The van der Waals surface area contributed by atoms with E-state index in [0.29, 0.717) is 24.3 Å². The summed E-state index contributed by atoms with van der Waals surface area (Å²) >= 11 is 0. The maximum absolute atomic E-state index is 12.8. The van der Waals surface area contributed by atoms with Crippen LogP contribution in [0.4, 0.5) is 11.4 Å². The van der Waals surface area contributed by atoms with Crippen LogP contribution in [0.2, 0.25) is 0 Å². The molecular weight excluding hydrogens is 378 g/mol. The fourth-order valence-electron chi connectivity index (χ4n) is 4.01. The minimum Gasteiger partial charge on any atom is -0.325 e. The monoisotopic (exact) mass is 403 g/mol. The first-order valence-electron chi connectivity index (χ1n) is 10.3. The third-order valence-corrected chi connectivity index (χ3v) is 5.68. The van der Waals surface area contributed by atoms with Crippen molar-refractivity contribution in [2.45, 2.75) is 6.42 Å². The molecule has 0 spiro atoms. The fraction of sp³-hybridized carbons (Fsp3) is 0.348. The van der Waals surface area contributed by atoms with E-state index in [1.807, 2.05) is 23.1 Å². The zero-order valence-electron chi connectivity index (χ0n) is 16.9. The minimum atomic E-state index is -0.0714. The molecule has 2 heterocycles. The van der Waals surface area contributed by atoms with Crippen LogP contribution in [0.15, 0.2) is 48.5 Å². The molecule has 7 nitrogen and oxygen atoms in total. The molecule has 0 unspecified atom stereocenters. The molecule has 1 fully saturated rings. The SMILES string of the molecule is N#Cc1ccc(NC(=O)CN2CCN(CC(=O)N3CCc4ccccc43)CC2)cc1. The van der Waals surface area contributed by atoms with Crippen LogP contribution >= 0.6 is 0 Å². The van der Waals surface area contributed by atoms with Crippen LogP contribution in [0.5, 0.6) is 0 Å². The average molecular weight is 403 g/mol. The van der Waals surface area contributed by atoms with Gasteiger partial charge in [-0.2, -0.15) is 5.26 Å². The van der Waals surface area contributed by atoms with E-state index in [4.69, 9.17) is 5.26 Å². The normalized spacial score (nSPS) is 16.7. The van der Waals surface area contributed by atoms with Crippen LogP contribution in [-0.2, 0) is 16.0 Å². The highest BCUT2D eigenvalue weighted by Crippen LogP contribution is 2.27. The Balaban J connectivity index is 1.22. The number of carbonyl (C=O) groups excluding carboxylic acids is 2. The Bertz CT molecular complexity index is 958. The molecule has 2 aromatic rings. The van der Waals surface area contributed by atoms with Gasteiger partial charge in [-0.1, -0.05) is 18.2 Å². The van der Waals surface area contributed by atoms with Crippen molar-refractivity contribution < 1.29 is 9.59 Å². The second-order valence-electron chi connectivity index (χ2n) is 7.71. The Morgan fingerprint density at radius 2 is 1.57 bits per heavy atom. The molecule has 154 valence electrons. The number of nitriles is 1. The largest absolute Gasteiger partial charge is 0.325 e. The number of rotatable bonds is 5. The molecule has 2 aliphatic rings. The Kier molecular flexibility index (Phi) is 6.07. The Hall–Kier alpha value is -3.21. The molecule has 30 heavy (non-hydrogen) atoms. The minimum absolute atomic E-state index is 0.0714. The number of amides is 2. The summed E-state index contributed by atoms with van der Waals surface area (Å²) in [6.45, 7) is 4.54. The van der Waals surface area contributed by atoms with Crippen molar-refractivity contribution in [3.05, 3.63) is 59.7 Å². The molecule has 1 N–H and O–H groups in total. The quantitative estimate of drug-likeness (QED) is 0.822. The fourth-order valence-corrected chi connectivity index (χ4v) is 4.01. The van der Waals surface area contributed by atoms with Crippen LogP contribution in [0.25, 0.3) is 0 Å². The van der Waals surface area contributed by atoms with E-state index in [2.05, 4.69) is 27.3 Å². The van der Waals surface area contributed by atoms with E-state index in [0.717, 1.165) is 44.8 Å². The predicted molar refractivity (Wildman–Crippen MR) is 115 cm³/mol. The summed E-state index contributed by atoms with van der Waals surface area (Å²) in [7, 11) is 0. The van der Waals surface area contributed by atoms with Crippen molar-refractivity contribution in [2.75, 3.05) is 56.0 Å². The highest BCUT2D eigenvalue weighted by atomic mass is 16.2. The average Bonchev–Trinajstić information content (AvgIpc) is 3.20. The molecule has 0 saturated carbocycles. The number of benzene rings is 2. The van der Waals surface area contributed by atoms with Gasteiger partial charge < -0.3 is 10.2 Å². The summed E-state index contributed by atoms with van der Waals surface area (Å²) in [5, 5.41) is 11.7. The Morgan fingerprint density at radius 3 is 2.27 bits per heavy atom. The van der Waals surface area contributed by atoms with Crippen LogP contribution in [0.1, 0.15) is 11.1 Å². The molecule has 0 aromatic heterocycles. The second kappa shape index (κ2) is 9.08. The standard InChI is InChI=1S/C23H25N5O2/c24-15-18-5-7-20(8-6-18)25-22(29)16-26-11-13-27(14-12-26)17-23(30)28-10-9-19-3-1-2-4-21(19)28/h1-8H,9-14,16-17H2,(H,25,29). The number of fused-ring (bicyclic) bond motifs is 1. The van der Waals surface area contributed by atoms with Gasteiger partial charge in [0.05, 0.1) is 24.7 Å². The van der Waals surface area contributed by atoms with Crippen molar-refractivity contribution in [1.29, 1.82) is 5.26 Å². The van der Waals surface area contributed by atoms with Gasteiger partial charge in [-0.15, -0.1) is 0 Å². The van der Waals surface area contributed by atoms with Crippen LogP contribution in [-0.4, -0.2) is 67.4 Å². The van der Waals surface area contributed by atoms with Crippen molar-refractivity contribution in [1.82, 2.24) is 9.80 Å². The number of nitrogens with one attached hydrogen (secondary N) is 1. The Labute approximate surface area is 176 Å². The van der Waals surface area contributed by atoms with Crippen molar-refractivity contribution in [2.24, 2.45) is 0 Å². The number of hydrogen-bond donors (Lipinski definition) is 1. The van der Waals surface area contributed by atoms with Crippen molar-refractivity contribution in [3.8, 4) is 6.07 Å². The highest BCUT2D eigenvalue weighted by molar-refractivity contribution is 5.96. The first-order chi connectivity index (χ1) is 14.6. The molecule has 0 bridgehead atoms. The third-order valence-electron chi connectivity index (χ3n) is 5.68. The summed E-state index contributed by atoms with van der Waals surface area (Å²) in [5.74, 6) is 0.0740. The molecule has 2 aliphatic heterocycles. The number of nitrogens with zero attached hydrogens (tertiary/aromatic N) is 4. The lowest BCUT2D eigenvalue weighted by Gasteiger charge is -2.34. The van der Waals surface area contributed by atoms with E-state index < -0.39 is 0 Å². The van der Waals surface area contributed by atoms with E-state index in [9.17, 15) is 9.59 Å². The van der Waals surface area contributed by atoms with E-state index >= 15 is 0 Å². The molecule has 1 saturated heterocycles. The van der Waals surface area contributed by atoms with E-state index in [-0.39, 0.29) is 11.8 Å². The molecule has 0 radical (unpaired) electrons. The van der Waals surface area contributed by atoms with Gasteiger partial charge in [-0.25, -0.2) is 0 Å². The topological polar surface area (TPSA) is 79.7 Å². The zero-order chi connectivity index (χ0) is 20.9.